The third-order valence-electron chi connectivity index (χ3n) is 3.67. The van der Waals surface area contributed by atoms with Crippen LogP contribution in [0.25, 0.3) is 11.3 Å². The van der Waals surface area contributed by atoms with Crippen LogP contribution < -0.4 is 4.90 Å². The number of carbonyl (C=O) groups is 1. The van der Waals surface area contributed by atoms with Crippen LogP contribution in [0.15, 0.2) is 54.2 Å². The molecule has 0 N–H and O–H groups in total. The van der Waals surface area contributed by atoms with Crippen LogP contribution in [0.2, 0.25) is 0 Å². The molecule has 1 aromatic carbocycles. The van der Waals surface area contributed by atoms with Gasteiger partial charge in [-0.15, -0.1) is 11.3 Å². The molecule has 0 saturated carbocycles. The topological polar surface area (TPSA) is 55.3 Å². The number of rotatable bonds is 3. The predicted octanol–water partition coefficient (Wildman–Crippen LogP) is 6.30. The average molecular weight is 421 g/mol. The molecule has 0 aliphatic rings. The van der Waals surface area contributed by atoms with Gasteiger partial charge in [-0.3, -0.25) is 4.98 Å². The Bertz CT molecular complexity index is 998. The molecule has 0 fully saturated rings. The standard InChI is InChI=1S/C20H18F3N3O2S/c1-19(2,3)28-18(27)26(15-6-4-5-14(11-15)20(21,22)23)17-25-16(12-29-17)13-7-9-24-10-8-13/h4-12H,1-3H3. The molecule has 0 bridgehead atoms. The molecule has 152 valence electrons. The van der Waals surface area contributed by atoms with Crippen molar-refractivity contribution in [3.05, 3.63) is 59.7 Å². The molecule has 3 aromatic rings. The lowest BCUT2D eigenvalue weighted by Crippen LogP contribution is -2.34. The molecule has 29 heavy (non-hydrogen) atoms. The van der Waals surface area contributed by atoms with Gasteiger partial charge in [-0.25, -0.2) is 14.7 Å². The second-order valence-electron chi connectivity index (χ2n) is 7.12. The van der Waals surface area contributed by atoms with Crippen LogP contribution in [-0.4, -0.2) is 21.7 Å². The third-order valence-corrected chi connectivity index (χ3v) is 4.49. The lowest BCUT2D eigenvalue weighted by Gasteiger charge is -2.26. The molecule has 0 aliphatic heterocycles. The monoisotopic (exact) mass is 421 g/mol. The zero-order chi connectivity index (χ0) is 21.2. The molecule has 0 aliphatic carbocycles. The van der Waals surface area contributed by atoms with Crippen LogP contribution in [0.5, 0.6) is 0 Å². The van der Waals surface area contributed by atoms with Gasteiger partial charge >= 0.3 is 12.3 Å². The van der Waals surface area contributed by atoms with Gasteiger partial charge in [0.2, 0.25) is 0 Å². The van der Waals surface area contributed by atoms with Crippen LogP contribution in [0.4, 0.5) is 28.8 Å². The fourth-order valence-corrected chi connectivity index (χ4v) is 3.29. The largest absolute Gasteiger partial charge is 0.443 e. The summed E-state index contributed by atoms with van der Waals surface area (Å²) in [6.45, 7) is 5.04. The van der Waals surface area contributed by atoms with E-state index in [0.717, 1.165) is 33.9 Å². The van der Waals surface area contributed by atoms with E-state index in [2.05, 4.69) is 9.97 Å². The predicted molar refractivity (Wildman–Crippen MR) is 105 cm³/mol. The number of pyridine rings is 1. The first-order valence-electron chi connectivity index (χ1n) is 8.61. The summed E-state index contributed by atoms with van der Waals surface area (Å²) < 4.78 is 44.9. The minimum absolute atomic E-state index is 0.0182. The molecule has 1 amide bonds. The molecule has 0 unspecified atom stereocenters. The average Bonchev–Trinajstić information content (AvgIpc) is 3.10. The van der Waals surface area contributed by atoms with Crippen molar-refractivity contribution in [3.63, 3.8) is 0 Å². The summed E-state index contributed by atoms with van der Waals surface area (Å²) in [6.07, 6.45) is -2.15. The number of benzene rings is 1. The fraction of sp³-hybridized carbons (Fsp3) is 0.250. The molecule has 9 heteroatoms. The zero-order valence-corrected chi connectivity index (χ0v) is 16.7. The number of halogens is 3. The van der Waals surface area contributed by atoms with Crippen molar-refractivity contribution < 1.29 is 22.7 Å². The maximum atomic E-state index is 13.2. The van der Waals surface area contributed by atoms with Crippen LogP contribution in [0, 0.1) is 0 Å². The van der Waals surface area contributed by atoms with Gasteiger partial charge in [0.05, 0.1) is 16.9 Å². The Morgan fingerprint density at radius 3 is 2.41 bits per heavy atom. The highest BCUT2D eigenvalue weighted by molar-refractivity contribution is 7.14. The Balaban J connectivity index is 2.05. The Morgan fingerprint density at radius 1 is 1.10 bits per heavy atom. The molecule has 5 nitrogen and oxygen atoms in total. The number of nitrogens with zero attached hydrogens (tertiary/aromatic N) is 3. The number of aromatic nitrogens is 2. The van der Waals surface area contributed by atoms with E-state index in [1.165, 1.54) is 12.1 Å². The van der Waals surface area contributed by atoms with Gasteiger partial charge in [-0.1, -0.05) is 6.07 Å². The van der Waals surface area contributed by atoms with Gasteiger partial charge < -0.3 is 4.74 Å². The molecule has 0 saturated heterocycles. The number of hydrogen-bond donors (Lipinski definition) is 0. The highest BCUT2D eigenvalue weighted by atomic mass is 32.1. The number of hydrogen-bond acceptors (Lipinski definition) is 5. The van der Waals surface area contributed by atoms with Crippen molar-refractivity contribution in [1.29, 1.82) is 0 Å². The van der Waals surface area contributed by atoms with Gasteiger partial charge in [0, 0.05) is 23.3 Å². The molecule has 2 aromatic heterocycles. The van der Waals surface area contributed by atoms with E-state index in [1.807, 2.05) is 0 Å². The second kappa shape index (κ2) is 7.82. The van der Waals surface area contributed by atoms with E-state index in [1.54, 1.807) is 50.7 Å². The summed E-state index contributed by atoms with van der Waals surface area (Å²) in [7, 11) is 0. The van der Waals surface area contributed by atoms with Gasteiger partial charge in [-0.05, 0) is 51.1 Å². The molecule has 0 spiro atoms. The van der Waals surface area contributed by atoms with Crippen molar-refractivity contribution >= 4 is 28.2 Å². The summed E-state index contributed by atoms with van der Waals surface area (Å²) in [5.74, 6) is 0. The SMILES string of the molecule is CC(C)(C)OC(=O)N(c1cccc(C(F)(F)F)c1)c1nc(-c2ccncc2)cs1. The van der Waals surface area contributed by atoms with Crippen LogP contribution in [0.3, 0.4) is 0 Å². The van der Waals surface area contributed by atoms with E-state index in [0.29, 0.717) is 5.69 Å². The van der Waals surface area contributed by atoms with Crippen molar-refractivity contribution in [2.24, 2.45) is 0 Å². The lowest BCUT2D eigenvalue weighted by atomic mass is 10.2. The minimum atomic E-state index is -4.54. The van der Waals surface area contributed by atoms with Crippen LogP contribution >= 0.6 is 11.3 Å². The van der Waals surface area contributed by atoms with Crippen molar-refractivity contribution in [2.75, 3.05) is 4.90 Å². The minimum Gasteiger partial charge on any atom is -0.443 e. The summed E-state index contributed by atoms with van der Waals surface area (Å²) in [6, 6.07) is 8.00. The Morgan fingerprint density at radius 2 is 1.79 bits per heavy atom. The summed E-state index contributed by atoms with van der Waals surface area (Å²) >= 11 is 1.13. The molecule has 2 heterocycles. The van der Waals surface area contributed by atoms with Gasteiger partial charge in [-0.2, -0.15) is 13.2 Å². The molecular weight excluding hydrogens is 403 g/mol. The van der Waals surface area contributed by atoms with E-state index in [-0.39, 0.29) is 10.8 Å². The zero-order valence-electron chi connectivity index (χ0n) is 15.9. The number of anilines is 2. The maximum absolute atomic E-state index is 13.2. The van der Waals surface area contributed by atoms with Gasteiger partial charge in [0.15, 0.2) is 5.13 Å². The van der Waals surface area contributed by atoms with Crippen molar-refractivity contribution in [3.8, 4) is 11.3 Å². The third kappa shape index (κ3) is 5.11. The quantitative estimate of drug-likeness (QED) is 0.498. The Kier molecular flexibility index (Phi) is 5.61. The van der Waals surface area contributed by atoms with E-state index in [4.69, 9.17) is 4.74 Å². The number of carbonyl (C=O) groups excluding carboxylic acids is 1. The Labute approximate surface area is 169 Å². The summed E-state index contributed by atoms with van der Waals surface area (Å²) in [4.78, 5) is 22.3. The normalized spacial score (nSPS) is 11.9. The number of thiazole rings is 1. The lowest BCUT2D eigenvalue weighted by molar-refractivity contribution is -0.137. The Hall–Kier alpha value is -2.94. The summed E-state index contributed by atoms with van der Waals surface area (Å²) in [5, 5.41) is 1.92. The van der Waals surface area contributed by atoms with Crippen LogP contribution in [0.1, 0.15) is 26.3 Å². The highest BCUT2D eigenvalue weighted by Gasteiger charge is 2.33. The number of ether oxygens (including phenoxy) is 1. The second-order valence-corrected chi connectivity index (χ2v) is 7.95. The van der Waals surface area contributed by atoms with Crippen molar-refractivity contribution in [2.45, 2.75) is 32.5 Å². The first-order valence-corrected chi connectivity index (χ1v) is 9.49. The summed E-state index contributed by atoms with van der Waals surface area (Å²) in [5.41, 5.74) is -0.329. The smallest absolute Gasteiger partial charge is 0.421 e. The highest BCUT2D eigenvalue weighted by Crippen LogP contribution is 2.36. The first-order chi connectivity index (χ1) is 13.5. The molecular formula is C20H18F3N3O2S. The van der Waals surface area contributed by atoms with E-state index in [9.17, 15) is 18.0 Å². The van der Waals surface area contributed by atoms with Crippen molar-refractivity contribution in [1.82, 2.24) is 9.97 Å². The number of amides is 1. The fourth-order valence-electron chi connectivity index (χ4n) is 2.45. The maximum Gasteiger partial charge on any atom is 0.421 e. The van der Waals surface area contributed by atoms with Gasteiger partial charge in [0.25, 0.3) is 0 Å². The molecule has 0 atom stereocenters. The molecule has 3 rings (SSSR count). The van der Waals surface area contributed by atoms with E-state index >= 15 is 0 Å². The first kappa shape index (κ1) is 20.8. The van der Waals surface area contributed by atoms with Crippen LogP contribution in [-0.2, 0) is 10.9 Å². The van der Waals surface area contributed by atoms with Gasteiger partial charge in [0.1, 0.15) is 5.60 Å². The number of alkyl halides is 3. The molecule has 0 radical (unpaired) electrons. The van der Waals surface area contributed by atoms with E-state index < -0.39 is 23.4 Å².